The average Bonchev–Trinajstić information content (AvgIpc) is 2.71. The van der Waals surface area contributed by atoms with Crippen molar-refractivity contribution in [2.24, 2.45) is 5.73 Å². The summed E-state index contributed by atoms with van der Waals surface area (Å²) >= 11 is 0. The van der Waals surface area contributed by atoms with E-state index in [1.54, 1.807) is 36.7 Å². The number of nitrogens with zero attached hydrogens (tertiary/aromatic N) is 1. The molecule has 2 heterocycles. The van der Waals surface area contributed by atoms with E-state index in [1.807, 2.05) is 18.2 Å². The fraction of sp³-hybridized carbons (Fsp3) is 0.105. The topological polar surface area (TPSA) is 127 Å². The van der Waals surface area contributed by atoms with E-state index in [0.29, 0.717) is 16.7 Å². The summed E-state index contributed by atoms with van der Waals surface area (Å²) < 4.78 is 4.80. The molecule has 2 aromatic carbocycles. The Kier molecular flexibility index (Phi) is 4.78. The van der Waals surface area contributed by atoms with E-state index in [2.05, 4.69) is 15.8 Å². The van der Waals surface area contributed by atoms with Crippen LogP contribution in [-0.4, -0.2) is 35.5 Å². The van der Waals surface area contributed by atoms with Gasteiger partial charge in [0.05, 0.1) is 5.92 Å². The Morgan fingerprint density at radius 3 is 2.96 bits per heavy atom. The van der Waals surface area contributed by atoms with Crippen LogP contribution in [-0.2, 0) is 9.55 Å². The predicted molar refractivity (Wildman–Crippen MR) is 105 cm³/mol. The fourth-order valence-electron chi connectivity index (χ4n) is 3.34. The Labute approximate surface area is 160 Å². The van der Waals surface area contributed by atoms with Gasteiger partial charge in [0.2, 0.25) is 5.91 Å². The molecule has 140 valence electrons. The number of fused-ring (bicyclic) bond motifs is 2. The van der Waals surface area contributed by atoms with E-state index in [1.165, 1.54) is 0 Å². The van der Waals surface area contributed by atoms with Crippen LogP contribution < -0.4 is 22.0 Å². The van der Waals surface area contributed by atoms with Gasteiger partial charge in [-0.3, -0.25) is 19.3 Å². The van der Waals surface area contributed by atoms with Crippen LogP contribution in [0.15, 0.2) is 54.9 Å². The van der Waals surface area contributed by atoms with Gasteiger partial charge >= 0.3 is 7.12 Å². The Balaban J connectivity index is 1.66. The first kappa shape index (κ1) is 18.1. The number of carbonyl (C=O) groups excluding carboxylic acids is 2. The van der Waals surface area contributed by atoms with Crippen molar-refractivity contribution in [2.75, 3.05) is 11.9 Å². The van der Waals surface area contributed by atoms with Gasteiger partial charge in [-0.25, -0.2) is 5.48 Å². The Morgan fingerprint density at radius 2 is 2.14 bits per heavy atom. The molecule has 4 rings (SSSR count). The molecule has 5 N–H and O–H groups in total. The van der Waals surface area contributed by atoms with Gasteiger partial charge in [-0.1, -0.05) is 24.3 Å². The zero-order valence-corrected chi connectivity index (χ0v) is 14.8. The van der Waals surface area contributed by atoms with Crippen molar-refractivity contribution in [3.63, 3.8) is 0 Å². The maximum atomic E-state index is 12.9. The number of carbonyl (C=O) groups is 2. The van der Waals surface area contributed by atoms with Crippen molar-refractivity contribution >= 4 is 40.9 Å². The molecule has 0 spiro atoms. The van der Waals surface area contributed by atoms with Crippen LogP contribution >= 0.6 is 0 Å². The molecule has 28 heavy (non-hydrogen) atoms. The second-order valence-electron chi connectivity index (χ2n) is 6.43. The molecule has 1 aliphatic heterocycles. The van der Waals surface area contributed by atoms with E-state index < -0.39 is 18.9 Å². The zero-order chi connectivity index (χ0) is 19.7. The lowest BCUT2D eigenvalue weighted by Crippen LogP contribution is -2.51. The van der Waals surface area contributed by atoms with Crippen LogP contribution in [0.3, 0.4) is 0 Å². The van der Waals surface area contributed by atoms with Gasteiger partial charge in [-0.2, -0.15) is 0 Å². The second-order valence-corrected chi connectivity index (χ2v) is 6.43. The van der Waals surface area contributed by atoms with Crippen molar-refractivity contribution in [3.05, 3.63) is 66.0 Å². The third-order valence-electron chi connectivity index (χ3n) is 4.72. The van der Waals surface area contributed by atoms with Crippen LogP contribution in [0, 0.1) is 0 Å². The minimum absolute atomic E-state index is 0.00990. The van der Waals surface area contributed by atoms with Gasteiger partial charge in [0.15, 0.2) is 0 Å². The summed E-state index contributed by atoms with van der Waals surface area (Å²) in [4.78, 5) is 29.3. The molecule has 9 heteroatoms. The van der Waals surface area contributed by atoms with Crippen molar-refractivity contribution in [1.82, 2.24) is 10.5 Å². The van der Waals surface area contributed by atoms with Gasteiger partial charge in [0, 0.05) is 35.6 Å². The molecule has 2 amide bonds. The van der Waals surface area contributed by atoms with Gasteiger partial charge in [0.1, 0.15) is 0 Å². The molecule has 1 atom stereocenters. The van der Waals surface area contributed by atoms with Crippen molar-refractivity contribution < 1.29 is 19.4 Å². The molecule has 8 nitrogen and oxygen atoms in total. The number of hydrogen-bond acceptors (Lipinski definition) is 6. The summed E-state index contributed by atoms with van der Waals surface area (Å²) in [5.74, 6) is -1.66. The van der Waals surface area contributed by atoms with Crippen LogP contribution in [0.1, 0.15) is 21.8 Å². The molecule has 1 unspecified atom stereocenters. The van der Waals surface area contributed by atoms with Crippen LogP contribution in [0.2, 0.25) is 0 Å². The molecule has 1 aliphatic rings. The number of pyridine rings is 1. The first-order chi connectivity index (χ1) is 13.6. The second kappa shape index (κ2) is 7.39. The van der Waals surface area contributed by atoms with Crippen LogP contribution in [0.5, 0.6) is 0 Å². The first-order valence-electron chi connectivity index (χ1n) is 8.70. The van der Waals surface area contributed by atoms with E-state index in [-0.39, 0.29) is 18.0 Å². The lowest BCUT2D eigenvalue weighted by atomic mass is 9.72. The molecule has 0 bridgehead atoms. The third kappa shape index (κ3) is 3.22. The molecule has 0 radical (unpaired) electrons. The van der Waals surface area contributed by atoms with E-state index in [4.69, 9.17) is 10.5 Å². The molecular weight excluding hydrogens is 359 g/mol. The highest BCUT2D eigenvalue weighted by Crippen LogP contribution is 2.24. The Hall–Kier alpha value is -3.27. The summed E-state index contributed by atoms with van der Waals surface area (Å²) in [5.41, 5.74) is 9.56. The average molecular weight is 376 g/mol. The maximum Gasteiger partial charge on any atom is 0.515 e. The molecule has 0 saturated carbocycles. The number of nitrogens with two attached hydrogens (primary N) is 1. The summed E-state index contributed by atoms with van der Waals surface area (Å²) in [7, 11) is -1.30. The van der Waals surface area contributed by atoms with Crippen molar-refractivity contribution in [3.8, 4) is 0 Å². The highest BCUT2D eigenvalue weighted by Gasteiger charge is 2.35. The number of aromatic nitrogens is 1. The van der Waals surface area contributed by atoms with E-state index in [9.17, 15) is 14.6 Å². The van der Waals surface area contributed by atoms with Crippen molar-refractivity contribution in [2.45, 2.75) is 5.92 Å². The number of hydrogen-bond donors (Lipinski definition) is 4. The van der Waals surface area contributed by atoms with Gasteiger partial charge in [0.25, 0.3) is 5.91 Å². The Morgan fingerprint density at radius 1 is 1.29 bits per heavy atom. The first-order valence-corrected chi connectivity index (χ1v) is 8.70. The summed E-state index contributed by atoms with van der Waals surface area (Å²) in [5, 5.41) is 14.7. The lowest BCUT2D eigenvalue weighted by molar-refractivity contribution is -0.117. The van der Waals surface area contributed by atoms with Gasteiger partial charge in [-0.15, -0.1) is 0 Å². The van der Waals surface area contributed by atoms with Crippen molar-refractivity contribution in [1.29, 1.82) is 0 Å². The SMILES string of the molecule is NCC(C(=O)Nc1ccc2cnccc2c1)c1cccc2c1C(=O)NOB2O. The number of hydroxylamine groups is 1. The number of rotatable bonds is 4. The highest BCUT2D eigenvalue weighted by atomic mass is 16.7. The van der Waals surface area contributed by atoms with Crippen LogP contribution in [0.4, 0.5) is 5.69 Å². The van der Waals surface area contributed by atoms with E-state index in [0.717, 1.165) is 10.8 Å². The minimum atomic E-state index is -1.30. The van der Waals surface area contributed by atoms with Crippen LogP contribution in [0.25, 0.3) is 10.8 Å². The highest BCUT2D eigenvalue weighted by molar-refractivity contribution is 6.62. The molecule has 0 fully saturated rings. The number of amides is 2. The molecule has 1 aromatic heterocycles. The fourth-order valence-corrected chi connectivity index (χ4v) is 3.34. The largest absolute Gasteiger partial charge is 0.515 e. The summed E-state index contributed by atoms with van der Waals surface area (Å²) in [6, 6.07) is 12.2. The smallest absolute Gasteiger partial charge is 0.422 e. The molecule has 3 aromatic rings. The quantitative estimate of drug-likeness (QED) is 0.485. The monoisotopic (exact) mass is 376 g/mol. The number of anilines is 1. The minimum Gasteiger partial charge on any atom is -0.422 e. The van der Waals surface area contributed by atoms with Gasteiger partial charge < -0.3 is 16.1 Å². The van der Waals surface area contributed by atoms with Gasteiger partial charge in [-0.05, 0) is 34.6 Å². The number of benzene rings is 2. The molecular formula is C19H17BN4O4. The lowest BCUT2D eigenvalue weighted by Gasteiger charge is -2.24. The maximum absolute atomic E-state index is 12.9. The number of nitrogens with one attached hydrogen (secondary N) is 2. The molecule has 0 saturated heterocycles. The zero-order valence-electron chi connectivity index (χ0n) is 14.8. The summed E-state index contributed by atoms with van der Waals surface area (Å²) in [6.07, 6.45) is 3.42. The molecule has 0 aliphatic carbocycles. The summed E-state index contributed by atoms with van der Waals surface area (Å²) in [6.45, 7) is -0.00990. The predicted octanol–water partition coefficient (Wildman–Crippen LogP) is 0.278. The normalized spacial score (nSPS) is 14.4. The third-order valence-corrected chi connectivity index (χ3v) is 4.72. The Bertz CT molecular complexity index is 1070. The van der Waals surface area contributed by atoms with E-state index >= 15 is 0 Å². The standard InChI is InChI=1S/C19H17BN4O4/c21-9-15(14-2-1-3-16-17(14)19(26)24-28-20(16)27)18(25)23-13-5-4-12-10-22-7-6-11(12)8-13/h1-8,10,15,27H,9,21H2,(H,23,25)(H,24,26).